The molecule has 2 aromatic rings. The van der Waals surface area contributed by atoms with Gasteiger partial charge in [-0.15, -0.1) is 0 Å². The lowest BCUT2D eigenvalue weighted by molar-refractivity contribution is -0.137. The second kappa shape index (κ2) is 8.01. The molecule has 2 aliphatic rings. The van der Waals surface area contributed by atoms with Gasteiger partial charge < -0.3 is 9.80 Å². The van der Waals surface area contributed by atoms with Crippen LogP contribution in [-0.2, 0) is 11.0 Å². The Bertz CT molecular complexity index is 1030. The van der Waals surface area contributed by atoms with E-state index < -0.39 is 17.9 Å². The number of carbonyl (C=O) groups excluding carboxylic acids is 2. The van der Waals surface area contributed by atoms with Crippen LogP contribution in [0.25, 0.3) is 12.2 Å². The van der Waals surface area contributed by atoms with Crippen molar-refractivity contribution >= 4 is 36.0 Å². The number of carbonyl (C=O) groups is 2. The Labute approximate surface area is 176 Å². The van der Waals surface area contributed by atoms with Crippen molar-refractivity contribution in [1.29, 1.82) is 0 Å². The van der Waals surface area contributed by atoms with E-state index in [0.29, 0.717) is 36.4 Å². The summed E-state index contributed by atoms with van der Waals surface area (Å²) in [6.07, 6.45) is 1.67. The molecule has 1 atom stereocenters. The number of rotatable bonds is 3. The number of nitrogens with zero attached hydrogens (tertiary/aromatic N) is 5. The predicted octanol–water partition coefficient (Wildman–Crippen LogP) is 3.66. The average Bonchev–Trinajstić information content (AvgIpc) is 3.38. The van der Waals surface area contributed by atoms with Gasteiger partial charge in [-0.1, -0.05) is 18.2 Å². The van der Waals surface area contributed by atoms with E-state index in [-0.39, 0.29) is 11.9 Å². The van der Waals surface area contributed by atoms with Gasteiger partial charge in [0.1, 0.15) is 5.69 Å². The van der Waals surface area contributed by atoms with E-state index in [1.807, 2.05) is 0 Å². The van der Waals surface area contributed by atoms with Crippen molar-refractivity contribution in [3.63, 3.8) is 0 Å². The summed E-state index contributed by atoms with van der Waals surface area (Å²) < 4.78 is 38.7. The molecule has 0 spiro atoms. The third kappa shape index (κ3) is 3.97. The number of halogens is 3. The lowest BCUT2D eigenvalue weighted by Crippen LogP contribution is -2.51. The van der Waals surface area contributed by atoms with Crippen molar-refractivity contribution < 1.29 is 22.8 Å². The summed E-state index contributed by atoms with van der Waals surface area (Å²) in [5, 5.41) is 0. The number of aldehydes is 1. The van der Waals surface area contributed by atoms with E-state index >= 15 is 0 Å². The van der Waals surface area contributed by atoms with Crippen LogP contribution < -0.4 is 9.80 Å². The van der Waals surface area contributed by atoms with Gasteiger partial charge >= 0.3 is 12.2 Å². The minimum Gasteiger partial charge on any atom is -0.344 e. The fourth-order valence-corrected chi connectivity index (χ4v) is 3.73. The molecule has 3 heterocycles. The molecule has 1 unspecified atom stereocenters. The van der Waals surface area contributed by atoms with E-state index in [9.17, 15) is 22.8 Å². The fraction of sp³-hybridized carbons (Fsp3) is 0.333. The molecule has 1 fully saturated rings. The van der Waals surface area contributed by atoms with Crippen molar-refractivity contribution in [2.75, 3.05) is 29.9 Å². The van der Waals surface area contributed by atoms with Crippen molar-refractivity contribution in [2.45, 2.75) is 25.2 Å². The van der Waals surface area contributed by atoms with Crippen LogP contribution in [0, 0.1) is 0 Å². The maximum absolute atomic E-state index is 13.0. The number of likely N-dealkylation sites (N-methyl/N-ethyl adjacent to an activating group) is 1. The lowest BCUT2D eigenvalue weighted by atomic mass is 10.1. The van der Waals surface area contributed by atoms with E-state index in [4.69, 9.17) is 0 Å². The van der Waals surface area contributed by atoms with Crippen LogP contribution >= 0.6 is 0 Å². The van der Waals surface area contributed by atoms with Crippen molar-refractivity contribution in [1.82, 2.24) is 14.9 Å². The van der Waals surface area contributed by atoms with Gasteiger partial charge in [-0.3, -0.25) is 4.79 Å². The maximum atomic E-state index is 13.0. The topological polar surface area (TPSA) is 69.6 Å². The minimum absolute atomic E-state index is 0.218. The monoisotopic (exact) mass is 431 g/mol. The van der Waals surface area contributed by atoms with Gasteiger partial charge in [0, 0.05) is 20.1 Å². The first kappa shape index (κ1) is 20.8. The zero-order chi connectivity index (χ0) is 22.2. The number of fused-ring (bicyclic) bond motifs is 1. The predicted molar refractivity (Wildman–Crippen MR) is 109 cm³/mol. The number of alkyl halides is 3. The van der Waals surface area contributed by atoms with Gasteiger partial charge in [0.25, 0.3) is 0 Å². The first-order valence-electron chi connectivity index (χ1n) is 9.78. The zero-order valence-electron chi connectivity index (χ0n) is 16.7. The zero-order valence-corrected chi connectivity index (χ0v) is 16.7. The number of anilines is 2. The van der Waals surface area contributed by atoms with Crippen LogP contribution in [0.3, 0.4) is 0 Å². The molecule has 31 heavy (non-hydrogen) atoms. The molecule has 0 saturated carbocycles. The van der Waals surface area contributed by atoms with Crippen LogP contribution in [0.15, 0.2) is 30.5 Å². The summed E-state index contributed by atoms with van der Waals surface area (Å²) in [7, 11) is 1.68. The summed E-state index contributed by atoms with van der Waals surface area (Å²) in [5.74, 6) is 0.519. The van der Waals surface area contributed by atoms with Crippen molar-refractivity contribution in [3.05, 3.63) is 47.4 Å². The Morgan fingerprint density at radius 2 is 1.94 bits per heavy atom. The Kier molecular flexibility index (Phi) is 5.38. The van der Waals surface area contributed by atoms with Gasteiger partial charge in [0.15, 0.2) is 24.1 Å². The first-order valence-corrected chi connectivity index (χ1v) is 9.78. The molecule has 2 aliphatic heterocycles. The molecular formula is C21H20F3N5O2. The van der Waals surface area contributed by atoms with Crippen molar-refractivity contribution in [3.8, 4) is 0 Å². The summed E-state index contributed by atoms with van der Waals surface area (Å²) >= 11 is 0. The Morgan fingerprint density at radius 1 is 1.19 bits per heavy atom. The number of benzene rings is 1. The van der Waals surface area contributed by atoms with Crippen LogP contribution in [0.2, 0.25) is 0 Å². The Balaban J connectivity index is 1.64. The smallest absolute Gasteiger partial charge is 0.344 e. The number of hydrogen-bond donors (Lipinski definition) is 0. The number of hydrogen-bond acceptors (Lipinski definition) is 5. The summed E-state index contributed by atoms with van der Waals surface area (Å²) in [6, 6.07) is 4.60. The number of urea groups is 1. The molecule has 10 heteroatoms. The van der Waals surface area contributed by atoms with Gasteiger partial charge in [0.2, 0.25) is 0 Å². The highest BCUT2D eigenvalue weighted by atomic mass is 19.4. The van der Waals surface area contributed by atoms with Gasteiger partial charge in [-0.2, -0.15) is 13.2 Å². The van der Waals surface area contributed by atoms with Gasteiger partial charge in [-0.25, -0.2) is 19.7 Å². The molecule has 7 nitrogen and oxygen atoms in total. The largest absolute Gasteiger partial charge is 0.416 e. The molecule has 0 N–H and O–H groups in total. The molecule has 0 bridgehead atoms. The highest BCUT2D eigenvalue weighted by Gasteiger charge is 2.41. The number of aromatic nitrogens is 2. The normalized spacial score (nSPS) is 18.7. The molecular weight excluding hydrogens is 411 g/mol. The Morgan fingerprint density at radius 3 is 2.61 bits per heavy atom. The van der Waals surface area contributed by atoms with Crippen LogP contribution in [0.4, 0.5) is 29.5 Å². The maximum Gasteiger partial charge on any atom is 0.416 e. The van der Waals surface area contributed by atoms with Crippen molar-refractivity contribution in [2.24, 2.45) is 0 Å². The van der Waals surface area contributed by atoms with E-state index in [0.717, 1.165) is 25.0 Å². The molecule has 0 aliphatic carbocycles. The van der Waals surface area contributed by atoms with Crippen LogP contribution in [0.5, 0.6) is 0 Å². The summed E-state index contributed by atoms with van der Waals surface area (Å²) in [4.78, 5) is 38.0. The third-order valence-electron chi connectivity index (χ3n) is 5.38. The summed E-state index contributed by atoms with van der Waals surface area (Å²) in [6.45, 7) is 1.24. The van der Waals surface area contributed by atoms with Crippen LogP contribution in [-0.4, -0.2) is 53.5 Å². The fourth-order valence-electron chi connectivity index (χ4n) is 3.73. The highest BCUT2D eigenvalue weighted by Crippen LogP contribution is 2.37. The standard InChI is InChI=1S/C21H20F3N5O2/c1-27-16-12-25-17(8-7-14-5-4-6-15(11-14)21(22,23)24)26-19(16)29(18(27)13-30)20(31)28-9-2-3-10-28/h4-8,11-13,18H,2-3,9-10H2,1H3/b8-7+. The molecule has 162 valence electrons. The van der Waals surface area contributed by atoms with E-state index in [2.05, 4.69) is 9.97 Å². The molecule has 4 rings (SSSR count). The second-order valence-corrected chi connectivity index (χ2v) is 7.40. The highest BCUT2D eigenvalue weighted by molar-refractivity contribution is 6.02. The molecule has 1 saturated heterocycles. The van der Waals surface area contributed by atoms with Gasteiger partial charge in [0.05, 0.1) is 11.8 Å². The van der Waals surface area contributed by atoms with Gasteiger partial charge in [-0.05, 0) is 36.6 Å². The number of amides is 2. The number of likely N-dealkylation sites (tertiary alicyclic amines) is 1. The molecule has 1 aromatic heterocycles. The molecule has 0 radical (unpaired) electrons. The summed E-state index contributed by atoms with van der Waals surface area (Å²) in [5.41, 5.74) is 0.120. The minimum atomic E-state index is -4.43. The van der Waals surface area contributed by atoms with E-state index in [1.54, 1.807) is 22.9 Å². The van der Waals surface area contributed by atoms with E-state index in [1.165, 1.54) is 29.3 Å². The lowest BCUT2D eigenvalue weighted by Gasteiger charge is -2.28. The second-order valence-electron chi connectivity index (χ2n) is 7.40. The SMILES string of the molecule is CN1c2cnc(/C=C/c3cccc(C(F)(F)F)c3)nc2N(C(=O)N2CCCC2)C1C=O. The first-order chi connectivity index (χ1) is 14.8. The molecule has 2 amide bonds. The Hall–Kier alpha value is -3.43. The third-order valence-corrected chi connectivity index (χ3v) is 5.38. The van der Waals surface area contributed by atoms with Crippen LogP contribution in [0.1, 0.15) is 29.8 Å². The molecule has 1 aromatic carbocycles. The quantitative estimate of drug-likeness (QED) is 0.694. The average molecular weight is 431 g/mol.